The van der Waals surface area contributed by atoms with E-state index in [2.05, 4.69) is 0 Å². The van der Waals surface area contributed by atoms with Gasteiger partial charge in [-0.25, -0.2) is 4.99 Å². The molecule has 1 saturated heterocycles. The molecule has 0 saturated carbocycles. The summed E-state index contributed by atoms with van der Waals surface area (Å²) in [5.41, 5.74) is 4.07. The van der Waals surface area contributed by atoms with Gasteiger partial charge in [0.05, 0.1) is 29.0 Å². The molecule has 3 aromatic carbocycles. The van der Waals surface area contributed by atoms with Crippen LogP contribution in [-0.2, 0) is 4.79 Å². The molecule has 1 amide bonds. The highest BCUT2D eigenvalue weighted by molar-refractivity contribution is 6.23. The summed E-state index contributed by atoms with van der Waals surface area (Å²) in [6.07, 6.45) is 0. The van der Waals surface area contributed by atoms with Crippen LogP contribution in [-0.4, -0.2) is 86.6 Å². The Morgan fingerprint density at radius 1 is 0.860 bits per heavy atom. The maximum atomic E-state index is 13.1. The number of aliphatic imine (C=N–C) groups is 1. The van der Waals surface area contributed by atoms with Gasteiger partial charge in [-0.05, 0) is 55.8 Å². The van der Waals surface area contributed by atoms with E-state index in [4.69, 9.17) is 10.1 Å². The first-order valence-corrected chi connectivity index (χ1v) is 13.9. The molecule has 220 valence electrons. The summed E-state index contributed by atoms with van der Waals surface area (Å²) in [6, 6.07) is 19.5. The average Bonchev–Trinajstić information content (AvgIpc) is 3.26. The molecule has 1 fully saturated rings. The predicted molar refractivity (Wildman–Crippen MR) is 163 cm³/mol. The Bertz CT molecular complexity index is 1760. The zero-order valence-corrected chi connectivity index (χ0v) is 24.2. The zero-order valence-electron chi connectivity index (χ0n) is 24.2. The number of carboxylic acids is 1. The number of hydrogen-bond donors (Lipinski definition) is 2. The van der Waals surface area contributed by atoms with Gasteiger partial charge in [-0.3, -0.25) is 28.6 Å². The number of amides is 1. The number of ketones is 1. The molecule has 10 heteroatoms. The number of aliphatic carboxylic acids is 1. The molecular formula is C33H32N4O6. The summed E-state index contributed by atoms with van der Waals surface area (Å²) in [7, 11) is 0. The highest BCUT2D eigenvalue weighted by Gasteiger charge is 2.26. The number of Topliss-reactive ketones (excluding diaryl/α,β-unsaturated/α-hetero) is 1. The van der Waals surface area contributed by atoms with Crippen molar-refractivity contribution < 1.29 is 29.4 Å². The topological polar surface area (TPSA) is 133 Å². The number of piperazine rings is 1. The second-order valence-electron chi connectivity index (χ2n) is 10.6. The molecule has 0 radical (unpaired) electrons. The molecule has 10 nitrogen and oxygen atoms in total. The second kappa shape index (κ2) is 12.0. The third kappa shape index (κ3) is 5.96. The summed E-state index contributed by atoms with van der Waals surface area (Å²) < 4.78 is 1.19. The van der Waals surface area contributed by atoms with Crippen molar-refractivity contribution in [2.24, 2.45) is 4.99 Å². The first-order chi connectivity index (χ1) is 20.5. The van der Waals surface area contributed by atoms with E-state index in [1.165, 1.54) is 18.4 Å². The van der Waals surface area contributed by atoms with Gasteiger partial charge in [-0.1, -0.05) is 30.3 Å². The minimum Gasteiger partial charge on any atom is -0.494 e. The molecule has 0 spiro atoms. The quantitative estimate of drug-likeness (QED) is 0.242. The van der Waals surface area contributed by atoms with Crippen LogP contribution in [0.4, 0.5) is 5.69 Å². The molecule has 1 aromatic heterocycles. The summed E-state index contributed by atoms with van der Waals surface area (Å²) >= 11 is 0. The van der Waals surface area contributed by atoms with Gasteiger partial charge in [0.25, 0.3) is 5.91 Å². The van der Waals surface area contributed by atoms with Crippen LogP contribution in [0.15, 0.2) is 71.7 Å². The van der Waals surface area contributed by atoms with Crippen LogP contribution in [0.25, 0.3) is 10.9 Å². The van der Waals surface area contributed by atoms with Crippen LogP contribution in [0.3, 0.4) is 0 Å². The summed E-state index contributed by atoms with van der Waals surface area (Å²) in [5, 5.41) is 21.0. The Kier molecular flexibility index (Phi) is 8.22. The molecule has 2 N–H and O–H groups in total. The normalized spacial score (nSPS) is 14.2. The molecule has 0 bridgehead atoms. The summed E-state index contributed by atoms with van der Waals surface area (Å²) in [5.74, 6) is -1.87. The van der Waals surface area contributed by atoms with E-state index >= 15 is 0 Å². The van der Waals surface area contributed by atoms with Gasteiger partial charge >= 0.3 is 5.97 Å². The number of aromatic hydroxyl groups is 1. The number of carbonyl (C=O) groups excluding carboxylic acids is 3. The van der Waals surface area contributed by atoms with Gasteiger partial charge < -0.3 is 15.1 Å². The van der Waals surface area contributed by atoms with Gasteiger partial charge in [0, 0.05) is 55.2 Å². The maximum absolute atomic E-state index is 13.1. The van der Waals surface area contributed by atoms with E-state index in [0.29, 0.717) is 76.3 Å². The van der Waals surface area contributed by atoms with Gasteiger partial charge in [-0.15, -0.1) is 0 Å². The van der Waals surface area contributed by atoms with Gasteiger partial charge in [0.1, 0.15) is 0 Å². The molecule has 0 atom stereocenters. The summed E-state index contributed by atoms with van der Waals surface area (Å²) in [6.45, 7) is 6.43. The van der Waals surface area contributed by atoms with Crippen molar-refractivity contribution in [3.8, 4) is 5.88 Å². The highest BCUT2D eigenvalue weighted by Crippen LogP contribution is 2.36. The average molecular weight is 581 g/mol. The zero-order chi connectivity index (χ0) is 30.8. The third-order valence-corrected chi connectivity index (χ3v) is 7.64. The third-order valence-electron chi connectivity index (χ3n) is 7.64. The van der Waals surface area contributed by atoms with E-state index in [1.807, 2.05) is 37.3 Å². The minimum atomic E-state index is -0.888. The van der Waals surface area contributed by atoms with Gasteiger partial charge in [-0.2, -0.15) is 0 Å². The van der Waals surface area contributed by atoms with Crippen LogP contribution in [0.5, 0.6) is 5.88 Å². The van der Waals surface area contributed by atoms with Crippen molar-refractivity contribution in [3.05, 3.63) is 94.5 Å². The Labute approximate surface area is 248 Å². The van der Waals surface area contributed by atoms with Crippen molar-refractivity contribution in [1.82, 2.24) is 14.4 Å². The van der Waals surface area contributed by atoms with Crippen LogP contribution in [0.1, 0.15) is 56.0 Å². The van der Waals surface area contributed by atoms with E-state index in [1.54, 1.807) is 46.2 Å². The Balaban J connectivity index is 1.55. The number of carboxylic acid groups (broad SMARTS) is 1. The maximum Gasteiger partial charge on any atom is 0.317 e. The predicted octanol–water partition coefficient (Wildman–Crippen LogP) is 4.53. The molecule has 1 aliphatic heterocycles. The standard InChI is InChI=1S/C33H32N4O6/c1-20-17-27-28(18-26(20)21(2)38)37(22(3)39)33(43)30(27)31(23-7-5-4-6-8-23)34-25-11-9-24(10-12-25)32(42)36-15-13-35(14-16-36)19-29(40)41/h4-12,17-18,43H,13-16,19H2,1-3H3,(H,40,41). The number of rotatable bonds is 7. The monoisotopic (exact) mass is 580 g/mol. The number of hydrogen-bond acceptors (Lipinski definition) is 7. The first kappa shape index (κ1) is 29.4. The lowest BCUT2D eigenvalue weighted by Gasteiger charge is -2.33. The van der Waals surface area contributed by atoms with Crippen molar-refractivity contribution >= 4 is 45.9 Å². The number of carbonyl (C=O) groups is 4. The van der Waals surface area contributed by atoms with Crippen LogP contribution in [0.2, 0.25) is 0 Å². The molecular weight excluding hydrogens is 548 g/mol. The van der Waals surface area contributed by atoms with E-state index in [9.17, 15) is 24.3 Å². The molecule has 0 aliphatic carbocycles. The molecule has 5 rings (SSSR count). The Morgan fingerprint density at radius 3 is 2.09 bits per heavy atom. The SMILES string of the molecule is CC(=O)c1cc2c(cc1C)c(C(=Nc1ccc(C(=O)N3CCN(CC(=O)O)CC3)cc1)c1ccccc1)c(O)n2C(C)=O. The molecule has 1 aliphatic rings. The van der Waals surface area contributed by atoms with Gasteiger partial charge in [0.2, 0.25) is 11.8 Å². The fourth-order valence-corrected chi connectivity index (χ4v) is 5.51. The first-order valence-electron chi connectivity index (χ1n) is 13.9. The Morgan fingerprint density at radius 2 is 1.51 bits per heavy atom. The number of nitrogens with zero attached hydrogens (tertiary/aromatic N) is 4. The number of fused-ring (bicyclic) bond motifs is 1. The molecule has 4 aromatic rings. The molecule has 43 heavy (non-hydrogen) atoms. The second-order valence-corrected chi connectivity index (χ2v) is 10.6. The van der Waals surface area contributed by atoms with Crippen LogP contribution >= 0.6 is 0 Å². The van der Waals surface area contributed by atoms with Crippen molar-refractivity contribution in [2.75, 3.05) is 32.7 Å². The molecule has 0 unspecified atom stereocenters. The Hall–Kier alpha value is -5.09. The number of aromatic nitrogens is 1. The van der Waals surface area contributed by atoms with E-state index in [-0.39, 0.29) is 24.1 Å². The highest BCUT2D eigenvalue weighted by atomic mass is 16.4. The smallest absolute Gasteiger partial charge is 0.317 e. The number of benzene rings is 3. The van der Waals surface area contributed by atoms with Crippen molar-refractivity contribution in [3.63, 3.8) is 0 Å². The summed E-state index contributed by atoms with van der Waals surface area (Å²) in [4.78, 5) is 57.5. The van der Waals surface area contributed by atoms with Crippen molar-refractivity contribution in [2.45, 2.75) is 20.8 Å². The fourth-order valence-electron chi connectivity index (χ4n) is 5.51. The molecule has 2 heterocycles. The van der Waals surface area contributed by atoms with E-state index in [0.717, 1.165) is 0 Å². The van der Waals surface area contributed by atoms with Crippen molar-refractivity contribution in [1.29, 1.82) is 0 Å². The van der Waals surface area contributed by atoms with E-state index < -0.39 is 11.9 Å². The lowest BCUT2D eigenvalue weighted by atomic mass is 9.97. The largest absolute Gasteiger partial charge is 0.494 e. The lowest BCUT2D eigenvalue weighted by molar-refractivity contribution is -0.138. The number of aryl methyl sites for hydroxylation is 1. The lowest BCUT2D eigenvalue weighted by Crippen LogP contribution is -2.49. The van der Waals surface area contributed by atoms with Crippen LogP contribution < -0.4 is 0 Å². The minimum absolute atomic E-state index is 0.0451. The van der Waals surface area contributed by atoms with Gasteiger partial charge in [0.15, 0.2) is 5.78 Å². The fraction of sp³-hybridized carbons (Fsp3) is 0.242. The van der Waals surface area contributed by atoms with Crippen LogP contribution in [0, 0.1) is 6.92 Å².